The molecule has 122 valence electrons. The molecule has 0 saturated carbocycles. The number of benzene rings is 2. The highest BCUT2D eigenvalue weighted by Gasteiger charge is 2.30. The number of halogens is 4. The summed E-state index contributed by atoms with van der Waals surface area (Å²) in [5, 5.41) is 8.96. The van der Waals surface area contributed by atoms with Crippen molar-refractivity contribution >= 4 is 23.4 Å². The molecule has 0 radical (unpaired) electrons. The summed E-state index contributed by atoms with van der Waals surface area (Å²) >= 11 is 7.32. The molecule has 2 aromatic carbocycles. The molecule has 0 aliphatic rings. The summed E-state index contributed by atoms with van der Waals surface area (Å²) in [5.41, 5.74) is 0.656. The van der Waals surface area contributed by atoms with E-state index in [1.54, 1.807) is 12.1 Å². The van der Waals surface area contributed by atoms with Crippen LogP contribution in [0.3, 0.4) is 0 Å². The Kier molecular flexibility index (Phi) is 4.78. The molecule has 3 rings (SSSR count). The summed E-state index contributed by atoms with van der Waals surface area (Å²) in [6.07, 6.45) is -4.38. The van der Waals surface area contributed by atoms with Gasteiger partial charge in [-0.2, -0.15) is 13.2 Å². The maximum atomic E-state index is 12.8. The Balaban J connectivity index is 1.86. The van der Waals surface area contributed by atoms with E-state index in [9.17, 15) is 13.2 Å². The second kappa shape index (κ2) is 6.83. The smallest absolute Gasteiger partial charge is 0.166 e. The predicted octanol–water partition coefficient (Wildman–Crippen LogP) is 5.97. The minimum Gasteiger partial charge on any atom is -0.166 e. The summed E-state index contributed by atoms with van der Waals surface area (Å²) in [7, 11) is 0. The first-order chi connectivity index (χ1) is 11.4. The first kappa shape index (κ1) is 16.8. The van der Waals surface area contributed by atoms with Crippen LogP contribution in [0.5, 0.6) is 0 Å². The van der Waals surface area contributed by atoms with Gasteiger partial charge in [-0.15, -0.1) is 10.2 Å². The Morgan fingerprint density at radius 1 is 0.875 bits per heavy atom. The molecular formula is C17H10ClF3N2S. The highest BCUT2D eigenvalue weighted by atomic mass is 35.5. The van der Waals surface area contributed by atoms with Crippen LogP contribution in [0.4, 0.5) is 13.2 Å². The molecule has 0 saturated heterocycles. The van der Waals surface area contributed by atoms with Gasteiger partial charge in [0, 0.05) is 10.5 Å². The summed E-state index contributed by atoms with van der Waals surface area (Å²) in [6, 6.07) is 16.0. The van der Waals surface area contributed by atoms with Crippen molar-refractivity contribution in [3.63, 3.8) is 0 Å². The van der Waals surface area contributed by atoms with Gasteiger partial charge in [-0.3, -0.25) is 0 Å². The number of hydrogen-bond acceptors (Lipinski definition) is 3. The first-order valence-corrected chi connectivity index (χ1v) is 8.07. The average molecular weight is 367 g/mol. The van der Waals surface area contributed by atoms with E-state index in [-0.39, 0.29) is 0 Å². The highest BCUT2D eigenvalue weighted by Crippen LogP contribution is 2.35. The molecule has 0 aliphatic carbocycles. The van der Waals surface area contributed by atoms with Crippen LogP contribution in [0.1, 0.15) is 5.56 Å². The van der Waals surface area contributed by atoms with Crippen LogP contribution in [-0.2, 0) is 6.18 Å². The van der Waals surface area contributed by atoms with E-state index in [0.717, 1.165) is 29.5 Å². The Bertz CT molecular complexity index is 854. The van der Waals surface area contributed by atoms with Crippen LogP contribution in [0, 0.1) is 0 Å². The number of aromatic nitrogens is 2. The Morgan fingerprint density at radius 3 is 2.29 bits per heavy atom. The van der Waals surface area contributed by atoms with Crippen molar-refractivity contribution in [1.29, 1.82) is 0 Å². The second-order valence-corrected chi connectivity index (χ2v) is 6.37. The van der Waals surface area contributed by atoms with Crippen molar-refractivity contribution in [3.05, 3.63) is 71.2 Å². The zero-order valence-electron chi connectivity index (χ0n) is 12.1. The van der Waals surface area contributed by atoms with Crippen LogP contribution in [0.25, 0.3) is 11.3 Å². The molecule has 0 fully saturated rings. The van der Waals surface area contributed by atoms with E-state index in [0.29, 0.717) is 20.6 Å². The molecule has 0 N–H and O–H groups in total. The molecular weight excluding hydrogens is 357 g/mol. The Morgan fingerprint density at radius 2 is 1.62 bits per heavy atom. The maximum Gasteiger partial charge on any atom is 0.416 e. The van der Waals surface area contributed by atoms with E-state index in [1.165, 1.54) is 6.07 Å². The van der Waals surface area contributed by atoms with Gasteiger partial charge in [0.2, 0.25) is 0 Å². The van der Waals surface area contributed by atoms with E-state index >= 15 is 0 Å². The summed E-state index contributed by atoms with van der Waals surface area (Å²) in [4.78, 5) is 0.419. The summed E-state index contributed by atoms with van der Waals surface area (Å²) in [6.45, 7) is 0. The summed E-state index contributed by atoms with van der Waals surface area (Å²) in [5.74, 6) is 0. The molecule has 0 atom stereocenters. The zero-order chi connectivity index (χ0) is 17.2. The molecule has 0 aliphatic heterocycles. The van der Waals surface area contributed by atoms with Gasteiger partial charge in [0.05, 0.1) is 10.6 Å². The van der Waals surface area contributed by atoms with Crippen molar-refractivity contribution in [2.24, 2.45) is 0 Å². The molecule has 2 nitrogen and oxygen atoms in total. The molecule has 0 amide bonds. The van der Waals surface area contributed by atoms with E-state index in [2.05, 4.69) is 10.2 Å². The minimum atomic E-state index is -4.38. The number of hydrogen-bond donors (Lipinski definition) is 0. The molecule has 0 bridgehead atoms. The molecule has 1 heterocycles. The largest absolute Gasteiger partial charge is 0.416 e. The van der Waals surface area contributed by atoms with Gasteiger partial charge in [0.15, 0.2) is 0 Å². The van der Waals surface area contributed by atoms with Crippen LogP contribution < -0.4 is 0 Å². The van der Waals surface area contributed by atoms with Gasteiger partial charge in [-0.05, 0) is 24.3 Å². The molecule has 0 spiro atoms. The minimum absolute atomic E-state index is 0.394. The van der Waals surface area contributed by atoms with Crippen molar-refractivity contribution in [3.8, 4) is 11.3 Å². The maximum absolute atomic E-state index is 12.8. The van der Waals surface area contributed by atoms with E-state index < -0.39 is 11.7 Å². The average Bonchev–Trinajstić information content (AvgIpc) is 2.55. The Labute approximate surface area is 145 Å². The van der Waals surface area contributed by atoms with Crippen molar-refractivity contribution in [2.75, 3.05) is 0 Å². The van der Waals surface area contributed by atoms with Gasteiger partial charge in [-0.1, -0.05) is 59.8 Å². The third kappa shape index (κ3) is 3.88. The molecule has 24 heavy (non-hydrogen) atoms. The molecule has 0 unspecified atom stereocenters. The lowest BCUT2D eigenvalue weighted by atomic mass is 10.1. The number of nitrogens with zero attached hydrogens (tertiary/aromatic N) is 2. The standard InChI is InChI=1S/C17H10ClF3N2S/c18-14-10-15(22-23-16(14)11-5-2-1-3-6-11)24-13-8-4-7-12(9-13)17(19,20)21/h1-10H. The fraction of sp³-hybridized carbons (Fsp3) is 0.0588. The number of rotatable bonds is 3. The first-order valence-electron chi connectivity index (χ1n) is 6.87. The van der Waals surface area contributed by atoms with Crippen molar-refractivity contribution < 1.29 is 13.2 Å². The fourth-order valence-corrected chi connectivity index (χ4v) is 3.20. The predicted molar refractivity (Wildman–Crippen MR) is 88.0 cm³/mol. The lowest BCUT2D eigenvalue weighted by Crippen LogP contribution is -2.04. The molecule has 7 heteroatoms. The van der Waals surface area contributed by atoms with Gasteiger partial charge in [0.1, 0.15) is 10.7 Å². The normalized spacial score (nSPS) is 11.5. The van der Waals surface area contributed by atoms with Crippen LogP contribution in [0.15, 0.2) is 70.6 Å². The lowest BCUT2D eigenvalue weighted by Gasteiger charge is -2.08. The van der Waals surface area contributed by atoms with Crippen LogP contribution in [0.2, 0.25) is 5.02 Å². The lowest BCUT2D eigenvalue weighted by molar-refractivity contribution is -0.137. The van der Waals surface area contributed by atoms with Crippen LogP contribution >= 0.6 is 23.4 Å². The van der Waals surface area contributed by atoms with Gasteiger partial charge < -0.3 is 0 Å². The molecule has 1 aromatic heterocycles. The monoisotopic (exact) mass is 366 g/mol. The van der Waals surface area contributed by atoms with Crippen molar-refractivity contribution in [2.45, 2.75) is 16.1 Å². The van der Waals surface area contributed by atoms with Crippen LogP contribution in [-0.4, -0.2) is 10.2 Å². The third-order valence-corrected chi connectivity index (χ3v) is 4.34. The van der Waals surface area contributed by atoms with Gasteiger partial charge >= 0.3 is 6.18 Å². The van der Waals surface area contributed by atoms with Crippen molar-refractivity contribution in [1.82, 2.24) is 10.2 Å². The second-order valence-electron chi connectivity index (χ2n) is 4.87. The SMILES string of the molecule is FC(F)(F)c1cccc(Sc2cc(Cl)c(-c3ccccc3)nn2)c1. The number of alkyl halides is 3. The quantitative estimate of drug-likeness (QED) is 0.571. The van der Waals surface area contributed by atoms with Gasteiger partial charge in [-0.25, -0.2) is 0 Å². The molecule has 3 aromatic rings. The van der Waals surface area contributed by atoms with E-state index in [1.807, 2.05) is 30.3 Å². The van der Waals surface area contributed by atoms with Gasteiger partial charge in [0.25, 0.3) is 0 Å². The zero-order valence-corrected chi connectivity index (χ0v) is 13.7. The highest BCUT2D eigenvalue weighted by molar-refractivity contribution is 7.99. The topological polar surface area (TPSA) is 25.8 Å². The Hall–Kier alpha value is -2.05. The summed E-state index contributed by atoms with van der Waals surface area (Å²) < 4.78 is 38.3. The van der Waals surface area contributed by atoms with E-state index in [4.69, 9.17) is 11.6 Å². The third-order valence-electron chi connectivity index (χ3n) is 3.16. The fourth-order valence-electron chi connectivity index (χ4n) is 2.05.